The predicted molar refractivity (Wildman–Crippen MR) is 63.5 cm³/mol. The third-order valence-electron chi connectivity index (χ3n) is 3.76. The maximum absolute atomic E-state index is 10.0. The van der Waals surface area contributed by atoms with Gasteiger partial charge in [0.15, 0.2) is 0 Å². The second-order valence-corrected chi connectivity index (χ2v) is 4.96. The smallest absolute Gasteiger partial charge is 0.0826 e. The van der Waals surface area contributed by atoms with Crippen molar-refractivity contribution >= 4 is 0 Å². The zero-order valence-corrected chi connectivity index (χ0v) is 10.2. The van der Waals surface area contributed by atoms with E-state index in [1.54, 1.807) is 0 Å². The molecule has 3 atom stereocenters. The maximum Gasteiger partial charge on any atom is 0.0826 e. The van der Waals surface area contributed by atoms with Gasteiger partial charge in [-0.15, -0.1) is 0 Å². The first-order chi connectivity index (χ1) is 7.81. The predicted octanol–water partition coefficient (Wildman–Crippen LogP) is 0.210. The monoisotopic (exact) mass is 228 g/mol. The molecule has 16 heavy (non-hydrogen) atoms. The van der Waals surface area contributed by atoms with Crippen molar-refractivity contribution in [3.63, 3.8) is 0 Å². The van der Waals surface area contributed by atoms with Gasteiger partial charge in [-0.1, -0.05) is 12.8 Å². The minimum absolute atomic E-state index is 0.123. The van der Waals surface area contributed by atoms with E-state index >= 15 is 0 Å². The molecule has 2 aliphatic rings. The van der Waals surface area contributed by atoms with Gasteiger partial charge in [-0.3, -0.25) is 4.90 Å². The van der Waals surface area contributed by atoms with Crippen LogP contribution in [0.5, 0.6) is 0 Å². The molecule has 1 saturated heterocycles. The van der Waals surface area contributed by atoms with E-state index in [0.29, 0.717) is 6.04 Å². The van der Waals surface area contributed by atoms with E-state index < -0.39 is 0 Å². The molecule has 2 rings (SSSR count). The lowest BCUT2D eigenvalue weighted by molar-refractivity contribution is -0.0716. The van der Waals surface area contributed by atoms with Crippen molar-refractivity contribution in [2.75, 3.05) is 33.3 Å². The van der Waals surface area contributed by atoms with Gasteiger partial charge in [0, 0.05) is 25.7 Å². The average molecular weight is 228 g/mol. The highest BCUT2D eigenvalue weighted by molar-refractivity contribution is 4.86. The quantitative estimate of drug-likeness (QED) is 0.725. The molecular formula is C12H24N2O2. The van der Waals surface area contributed by atoms with Gasteiger partial charge in [0.2, 0.25) is 0 Å². The number of nitrogens with one attached hydrogen (secondary N) is 1. The Balaban J connectivity index is 1.87. The second-order valence-electron chi connectivity index (χ2n) is 4.96. The molecule has 1 heterocycles. The van der Waals surface area contributed by atoms with E-state index in [2.05, 4.69) is 10.2 Å². The highest BCUT2D eigenvalue weighted by atomic mass is 16.5. The molecule has 1 aliphatic heterocycles. The summed E-state index contributed by atoms with van der Waals surface area (Å²) in [5.74, 6) is 0. The van der Waals surface area contributed by atoms with Crippen molar-refractivity contribution in [3.8, 4) is 0 Å². The van der Waals surface area contributed by atoms with Crippen LogP contribution in [0.3, 0.4) is 0 Å². The molecule has 2 fully saturated rings. The second kappa shape index (κ2) is 5.96. The molecule has 0 aromatic carbocycles. The van der Waals surface area contributed by atoms with Crippen molar-refractivity contribution in [2.24, 2.45) is 0 Å². The molecule has 0 bridgehead atoms. The van der Waals surface area contributed by atoms with Gasteiger partial charge in [-0.05, 0) is 19.9 Å². The summed E-state index contributed by atoms with van der Waals surface area (Å²) in [7, 11) is 1.96. The number of hydrogen-bond acceptors (Lipinski definition) is 4. The average Bonchev–Trinajstić information content (AvgIpc) is 2.30. The first-order valence-corrected chi connectivity index (χ1v) is 6.49. The molecule has 0 aromatic heterocycles. The van der Waals surface area contributed by atoms with Crippen molar-refractivity contribution < 1.29 is 9.84 Å². The Labute approximate surface area is 98.0 Å². The Morgan fingerprint density at radius 1 is 1.38 bits per heavy atom. The van der Waals surface area contributed by atoms with E-state index in [1.807, 2.05) is 7.05 Å². The molecule has 0 aromatic rings. The standard InChI is InChI=1S/C12H24N2O2/c1-13-8-10-9-14(6-7-16-10)11-4-2-3-5-12(11)15/h10-13,15H,2-9H2,1H3. The first-order valence-electron chi connectivity index (χ1n) is 6.49. The fraction of sp³-hybridized carbons (Fsp3) is 1.00. The SMILES string of the molecule is CNCC1CN(C2CCCCC2O)CCO1. The highest BCUT2D eigenvalue weighted by Crippen LogP contribution is 2.24. The van der Waals surface area contributed by atoms with Crippen molar-refractivity contribution in [1.29, 1.82) is 0 Å². The van der Waals surface area contributed by atoms with Gasteiger partial charge in [0.25, 0.3) is 0 Å². The molecule has 4 nitrogen and oxygen atoms in total. The van der Waals surface area contributed by atoms with E-state index in [-0.39, 0.29) is 12.2 Å². The number of hydrogen-bond donors (Lipinski definition) is 2. The van der Waals surface area contributed by atoms with Crippen LogP contribution in [0.1, 0.15) is 25.7 Å². The lowest BCUT2D eigenvalue weighted by Crippen LogP contribution is -2.54. The van der Waals surface area contributed by atoms with Gasteiger partial charge in [-0.2, -0.15) is 0 Å². The van der Waals surface area contributed by atoms with Crippen molar-refractivity contribution in [3.05, 3.63) is 0 Å². The Hall–Kier alpha value is -0.160. The van der Waals surface area contributed by atoms with E-state index in [0.717, 1.165) is 39.1 Å². The van der Waals surface area contributed by atoms with Gasteiger partial charge in [0.05, 0.1) is 18.8 Å². The minimum atomic E-state index is -0.123. The maximum atomic E-state index is 10.0. The summed E-state index contributed by atoms with van der Waals surface area (Å²) in [6, 6.07) is 0.372. The molecule has 3 unspecified atom stereocenters. The normalized spacial score (nSPS) is 37.5. The van der Waals surface area contributed by atoms with Crippen LogP contribution in [0.2, 0.25) is 0 Å². The third-order valence-corrected chi connectivity index (χ3v) is 3.76. The van der Waals surface area contributed by atoms with Crippen LogP contribution < -0.4 is 5.32 Å². The van der Waals surface area contributed by atoms with Crippen LogP contribution >= 0.6 is 0 Å². The number of likely N-dealkylation sites (N-methyl/N-ethyl adjacent to an activating group) is 1. The summed E-state index contributed by atoms with van der Waals surface area (Å²) in [4.78, 5) is 2.43. The number of rotatable bonds is 3. The highest BCUT2D eigenvalue weighted by Gasteiger charge is 2.32. The summed E-state index contributed by atoms with van der Waals surface area (Å²) >= 11 is 0. The van der Waals surface area contributed by atoms with E-state index in [4.69, 9.17) is 4.74 Å². The summed E-state index contributed by atoms with van der Waals surface area (Å²) in [6.07, 6.45) is 4.72. The lowest BCUT2D eigenvalue weighted by Gasteiger charge is -2.42. The molecule has 2 N–H and O–H groups in total. The Bertz CT molecular complexity index is 211. The number of ether oxygens (including phenoxy) is 1. The molecule has 0 radical (unpaired) electrons. The van der Waals surface area contributed by atoms with Crippen LogP contribution in [-0.2, 0) is 4.74 Å². The lowest BCUT2D eigenvalue weighted by atomic mass is 9.91. The zero-order chi connectivity index (χ0) is 11.4. The molecule has 1 saturated carbocycles. The minimum Gasteiger partial charge on any atom is -0.391 e. The Morgan fingerprint density at radius 2 is 2.19 bits per heavy atom. The third kappa shape index (κ3) is 2.94. The van der Waals surface area contributed by atoms with Gasteiger partial charge in [0.1, 0.15) is 0 Å². The van der Waals surface area contributed by atoms with Crippen LogP contribution in [0.15, 0.2) is 0 Å². The molecule has 94 valence electrons. The summed E-state index contributed by atoms with van der Waals surface area (Å²) in [5.41, 5.74) is 0. The Kier molecular flexibility index (Phi) is 4.58. The van der Waals surface area contributed by atoms with Crippen molar-refractivity contribution in [2.45, 2.75) is 43.9 Å². The molecule has 1 aliphatic carbocycles. The topological polar surface area (TPSA) is 44.7 Å². The summed E-state index contributed by atoms with van der Waals surface area (Å²) in [5, 5.41) is 13.2. The van der Waals surface area contributed by atoms with Gasteiger partial charge in [-0.25, -0.2) is 0 Å². The number of nitrogens with zero attached hydrogens (tertiary/aromatic N) is 1. The molecule has 0 amide bonds. The Morgan fingerprint density at radius 3 is 2.94 bits per heavy atom. The fourth-order valence-electron chi connectivity index (χ4n) is 2.91. The van der Waals surface area contributed by atoms with E-state index in [9.17, 15) is 5.11 Å². The van der Waals surface area contributed by atoms with E-state index in [1.165, 1.54) is 12.8 Å². The van der Waals surface area contributed by atoms with Crippen molar-refractivity contribution in [1.82, 2.24) is 10.2 Å². The molecule has 4 heteroatoms. The zero-order valence-electron chi connectivity index (χ0n) is 10.2. The van der Waals surface area contributed by atoms with Gasteiger partial charge < -0.3 is 15.2 Å². The van der Waals surface area contributed by atoms with Crippen LogP contribution in [0.4, 0.5) is 0 Å². The largest absolute Gasteiger partial charge is 0.391 e. The number of morpholine rings is 1. The number of aliphatic hydroxyl groups excluding tert-OH is 1. The van der Waals surface area contributed by atoms with Crippen LogP contribution in [0.25, 0.3) is 0 Å². The number of aliphatic hydroxyl groups is 1. The summed E-state index contributed by atoms with van der Waals surface area (Å²) < 4.78 is 5.69. The van der Waals surface area contributed by atoms with Crippen LogP contribution in [-0.4, -0.2) is 61.5 Å². The van der Waals surface area contributed by atoms with Gasteiger partial charge >= 0.3 is 0 Å². The first kappa shape index (κ1) is 12.3. The summed E-state index contributed by atoms with van der Waals surface area (Å²) in [6.45, 7) is 3.64. The molecular weight excluding hydrogens is 204 g/mol. The molecule has 0 spiro atoms. The van der Waals surface area contributed by atoms with Crippen LogP contribution in [0, 0.1) is 0 Å². The fourth-order valence-corrected chi connectivity index (χ4v) is 2.91.